The average molecular weight is 469 g/mol. The Morgan fingerprint density at radius 2 is 1.83 bits per heavy atom. The van der Waals surface area contributed by atoms with E-state index in [9.17, 15) is 18.0 Å². The SMILES string of the molecule is O=C(O)CCc1ccc(OCC2=C(c3ccc(Br)cc3)CCC2)cc1C(F)(F)F. The molecule has 154 valence electrons. The molecule has 0 saturated carbocycles. The van der Waals surface area contributed by atoms with Gasteiger partial charge in [0.2, 0.25) is 0 Å². The molecule has 0 aromatic heterocycles. The molecule has 0 unspecified atom stereocenters. The summed E-state index contributed by atoms with van der Waals surface area (Å²) in [6, 6.07) is 11.7. The summed E-state index contributed by atoms with van der Waals surface area (Å²) in [6.45, 7) is 0.233. The molecule has 0 amide bonds. The van der Waals surface area contributed by atoms with Crippen LogP contribution in [0.5, 0.6) is 5.75 Å². The number of carboxylic acid groups (broad SMARTS) is 1. The van der Waals surface area contributed by atoms with Gasteiger partial charge in [0.15, 0.2) is 0 Å². The number of rotatable bonds is 7. The summed E-state index contributed by atoms with van der Waals surface area (Å²) in [5.41, 5.74) is 2.50. The lowest BCUT2D eigenvalue weighted by atomic mass is 10.0. The molecule has 0 heterocycles. The van der Waals surface area contributed by atoms with Crippen molar-refractivity contribution in [2.24, 2.45) is 0 Å². The first-order chi connectivity index (χ1) is 13.7. The first kappa shape index (κ1) is 21.4. The van der Waals surface area contributed by atoms with Crippen LogP contribution in [0.2, 0.25) is 0 Å². The van der Waals surface area contributed by atoms with Crippen LogP contribution in [-0.2, 0) is 17.4 Å². The Morgan fingerprint density at radius 1 is 1.10 bits per heavy atom. The molecule has 29 heavy (non-hydrogen) atoms. The highest BCUT2D eigenvalue weighted by Gasteiger charge is 2.33. The van der Waals surface area contributed by atoms with Crippen molar-refractivity contribution in [1.82, 2.24) is 0 Å². The van der Waals surface area contributed by atoms with Gasteiger partial charge in [0.1, 0.15) is 12.4 Å². The third kappa shape index (κ3) is 5.63. The van der Waals surface area contributed by atoms with E-state index in [2.05, 4.69) is 15.9 Å². The number of hydrogen-bond acceptors (Lipinski definition) is 2. The molecule has 3 rings (SSSR count). The van der Waals surface area contributed by atoms with Gasteiger partial charge in [0.05, 0.1) is 5.56 Å². The predicted octanol–water partition coefficient (Wildman–Crippen LogP) is 6.50. The topological polar surface area (TPSA) is 46.5 Å². The maximum atomic E-state index is 13.4. The number of alkyl halides is 3. The summed E-state index contributed by atoms with van der Waals surface area (Å²) in [7, 11) is 0. The monoisotopic (exact) mass is 468 g/mol. The zero-order valence-corrected chi connectivity index (χ0v) is 17.1. The molecular weight excluding hydrogens is 449 g/mol. The van der Waals surface area contributed by atoms with Crippen LogP contribution >= 0.6 is 15.9 Å². The van der Waals surface area contributed by atoms with E-state index in [-0.39, 0.29) is 30.8 Å². The Kier molecular flexibility index (Phi) is 6.67. The van der Waals surface area contributed by atoms with Crippen LogP contribution in [0.15, 0.2) is 52.5 Å². The normalized spacial score (nSPS) is 14.3. The number of hydrogen-bond donors (Lipinski definition) is 1. The molecule has 7 heteroatoms. The number of carbonyl (C=O) groups is 1. The maximum Gasteiger partial charge on any atom is 0.416 e. The van der Waals surface area contributed by atoms with E-state index in [4.69, 9.17) is 9.84 Å². The number of aliphatic carboxylic acids is 1. The van der Waals surface area contributed by atoms with Crippen LogP contribution in [0, 0.1) is 0 Å². The molecule has 0 spiro atoms. The van der Waals surface area contributed by atoms with Crippen molar-refractivity contribution < 1.29 is 27.8 Å². The molecule has 1 aliphatic rings. The van der Waals surface area contributed by atoms with Crippen molar-refractivity contribution in [3.8, 4) is 5.75 Å². The molecule has 1 N–H and O–H groups in total. The van der Waals surface area contributed by atoms with Crippen molar-refractivity contribution in [2.75, 3.05) is 6.61 Å². The number of aryl methyl sites for hydroxylation is 1. The lowest BCUT2D eigenvalue weighted by Gasteiger charge is -2.15. The zero-order chi connectivity index (χ0) is 21.0. The Bertz CT molecular complexity index is 918. The van der Waals surface area contributed by atoms with Crippen LogP contribution in [-0.4, -0.2) is 17.7 Å². The smallest absolute Gasteiger partial charge is 0.416 e. The molecular formula is C22H20BrF3O3. The van der Waals surface area contributed by atoms with Crippen LogP contribution in [0.1, 0.15) is 42.4 Å². The second-order valence-electron chi connectivity index (χ2n) is 6.94. The molecule has 2 aromatic rings. The molecule has 0 bridgehead atoms. The fourth-order valence-electron chi connectivity index (χ4n) is 3.50. The van der Waals surface area contributed by atoms with Gasteiger partial charge in [-0.1, -0.05) is 34.1 Å². The van der Waals surface area contributed by atoms with Gasteiger partial charge < -0.3 is 9.84 Å². The van der Waals surface area contributed by atoms with Crippen LogP contribution in [0.3, 0.4) is 0 Å². The Labute approximate surface area is 175 Å². The summed E-state index contributed by atoms with van der Waals surface area (Å²) in [5, 5.41) is 8.75. The third-order valence-electron chi connectivity index (χ3n) is 4.93. The van der Waals surface area contributed by atoms with Gasteiger partial charge in [0.25, 0.3) is 0 Å². The first-order valence-electron chi connectivity index (χ1n) is 9.25. The minimum atomic E-state index is -4.57. The second kappa shape index (κ2) is 9.03. The van der Waals surface area contributed by atoms with Gasteiger partial charge >= 0.3 is 12.1 Å². The van der Waals surface area contributed by atoms with Crippen molar-refractivity contribution in [1.29, 1.82) is 0 Å². The molecule has 3 nitrogen and oxygen atoms in total. The van der Waals surface area contributed by atoms with E-state index < -0.39 is 17.7 Å². The number of benzene rings is 2. The Morgan fingerprint density at radius 3 is 2.48 bits per heavy atom. The average Bonchev–Trinajstić information content (AvgIpc) is 3.13. The summed E-state index contributed by atoms with van der Waals surface area (Å²) < 4.78 is 46.9. The van der Waals surface area contributed by atoms with E-state index in [1.165, 1.54) is 17.7 Å². The van der Waals surface area contributed by atoms with E-state index in [0.29, 0.717) is 0 Å². The van der Waals surface area contributed by atoms with E-state index >= 15 is 0 Å². The highest BCUT2D eigenvalue weighted by Crippen LogP contribution is 2.37. The van der Waals surface area contributed by atoms with Gasteiger partial charge in [-0.15, -0.1) is 0 Å². The molecule has 1 aliphatic carbocycles. The summed E-state index contributed by atoms with van der Waals surface area (Å²) in [6.07, 6.45) is -2.33. The van der Waals surface area contributed by atoms with Gasteiger partial charge in [-0.25, -0.2) is 0 Å². The number of allylic oxidation sites excluding steroid dienone is 1. The van der Waals surface area contributed by atoms with E-state index in [0.717, 1.165) is 40.9 Å². The van der Waals surface area contributed by atoms with E-state index in [1.807, 2.05) is 24.3 Å². The van der Waals surface area contributed by atoms with E-state index in [1.54, 1.807) is 0 Å². The molecule has 0 saturated heterocycles. The lowest BCUT2D eigenvalue weighted by Crippen LogP contribution is -2.11. The van der Waals surface area contributed by atoms with Crippen molar-refractivity contribution in [3.63, 3.8) is 0 Å². The maximum absolute atomic E-state index is 13.4. The number of ether oxygens (including phenoxy) is 1. The standard InChI is InChI=1S/C22H20BrF3O3/c23-17-8-4-14(5-9-17)19-3-1-2-16(19)13-29-18-10-6-15(7-11-21(27)28)20(12-18)22(24,25)26/h4-6,8-10,12H,1-3,7,11,13H2,(H,27,28). The first-order valence-corrected chi connectivity index (χ1v) is 10.0. The van der Waals surface area contributed by atoms with Gasteiger partial charge in [0, 0.05) is 10.9 Å². The summed E-state index contributed by atoms with van der Waals surface area (Å²) >= 11 is 3.41. The minimum absolute atomic E-state index is 0.0390. The quantitative estimate of drug-likeness (QED) is 0.504. The molecule has 2 aromatic carbocycles. The van der Waals surface area contributed by atoms with Crippen molar-refractivity contribution in [3.05, 3.63) is 69.2 Å². The molecule has 0 aliphatic heterocycles. The fraction of sp³-hybridized carbons (Fsp3) is 0.318. The van der Waals surface area contributed by atoms with Gasteiger partial charge in [-0.05, 0) is 72.2 Å². The van der Waals surface area contributed by atoms with Crippen molar-refractivity contribution in [2.45, 2.75) is 38.3 Å². The predicted molar refractivity (Wildman–Crippen MR) is 108 cm³/mol. The Hall–Kier alpha value is -2.28. The lowest BCUT2D eigenvalue weighted by molar-refractivity contribution is -0.140. The fourth-order valence-corrected chi connectivity index (χ4v) is 3.77. The largest absolute Gasteiger partial charge is 0.489 e. The Balaban J connectivity index is 1.78. The molecule has 0 radical (unpaired) electrons. The number of carboxylic acids is 1. The van der Waals surface area contributed by atoms with Crippen LogP contribution in [0.25, 0.3) is 5.57 Å². The van der Waals surface area contributed by atoms with Crippen LogP contribution < -0.4 is 4.74 Å². The van der Waals surface area contributed by atoms with Gasteiger partial charge in [-0.3, -0.25) is 4.79 Å². The minimum Gasteiger partial charge on any atom is -0.489 e. The van der Waals surface area contributed by atoms with Gasteiger partial charge in [-0.2, -0.15) is 13.2 Å². The molecule has 0 atom stereocenters. The summed E-state index contributed by atoms with van der Waals surface area (Å²) in [5.74, 6) is -1.00. The second-order valence-corrected chi connectivity index (χ2v) is 7.86. The highest BCUT2D eigenvalue weighted by molar-refractivity contribution is 9.10. The highest BCUT2D eigenvalue weighted by atomic mass is 79.9. The molecule has 0 fully saturated rings. The zero-order valence-electron chi connectivity index (χ0n) is 15.6. The summed E-state index contributed by atoms with van der Waals surface area (Å²) in [4.78, 5) is 10.7. The van der Waals surface area contributed by atoms with Crippen molar-refractivity contribution >= 4 is 27.5 Å². The third-order valence-corrected chi connectivity index (χ3v) is 5.46. The van der Waals surface area contributed by atoms with Crippen LogP contribution in [0.4, 0.5) is 13.2 Å². The number of halogens is 4.